The van der Waals surface area contributed by atoms with E-state index in [9.17, 15) is 7.77 Å². The highest BCUT2D eigenvalue weighted by molar-refractivity contribution is 7.81. The third-order valence-electron chi connectivity index (χ3n) is 0. The van der Waals surface area contributed by atoms with Crippen LogP contribution in [-0.4, -0.2) is 8.42 Å². The largest absolute Gasteiger partial charge is 0.476 e. The van der Waals surface area contributed by atoms with Gasteiger partial charge in [0.15, 0.2) is 0 Å². The minimum absolute atomic E-state index is 1.25. The Morgan fingerprint density at radius 1 is 1.25 bits per heavy atom. The zero-order chi connectivity index (χ0) is 7.21. The number of hydrogen-bond acceptors (Lipinski definition) is 2. The molecule has 0 aromatic carbocycles. The molecule has 0 fully saturated rings. The van der Waals surface area contributed by atoms with Crippen molar-refractivity contribution in [1.82, 2.24) is 0 Å². The molecule has 0 bridgehead atoms. The van der Waals surface area contributed by atoms with Gasteiger partial charge in [-0.05, 0) is 0 Å². The van der Waals surface area contributed by atoms with Crippen molar-refractivity contribution in [3.8, 4) is 0 Å². The van der Waals surface area contributed by atoms with E-state index in [1.165, 1.54) is 6.42 Å². The van der Waals surface area contributed by atoms with Gasteiger partial charge in [0, 0.05) is 0 Å². The topological polar surface area (TPSA) is 34.1 Å². The van der Waals surface area contributed by atoms with Gasteiger partial charge in [0.1, 0.15) is 0 Å². The van der Waals surface area contributed by atoms with Crippen LogP contribution in [0.4, 0.5) is 7.77 Å². The Bertz CT molecular complexity index is 109. The van der Waals surface area contributed by atoms with Crippen LogP contribution in [0, 0.1) is 0 Å². The van der Waals surface area contributed by atoms with E-state index in [2.05, 4.69) is 13.8 Å². The molecule has 0 aliphatic rings. The summed E-state index contributed by atoms with van der Waals surface area (Å²) in [6, 6.07) is 0. The summed E-state index contributed by atoms with van der Waals surface area (Å²) < 4.78 is 36.6. The zero-order valence-electron chi connectivity index (χ0n) is 4.69. The van der Waals surface area contributed by atoms with Gasteiger partial charge in [0.2, 0.25) is 0 Å². The smallest absolute Gasteiger partial charge is 0.160 e. The Kier molecular flexibility index (Phi) is 6.65. The Morgan fingerprint density at radius 2 is 1.25 bits per heavy atom. The Hall–Kier alpha value is -0.190. The van der Waals surface area contributed by atoms with Crippen molar-refractivity contribution in [2.24, 2.45) is 0 Å². The molecule has 0 saturated carbocycles. The maximum atomic E-state index is 9.99. The van der Waals surface area contributed by atoms with E-state index in [0.29, 0.717) is 0 Å². The van der Waals surface area contributed by atoms with Gasteiger partial charge in [0.25, 0.3) is 0 Å². The molecule has 0 rings (SSSR count). The normalized spacial score (nSPS) is 9.50. The molecule has 2 nitrogen and oxygen atoms in total. The Balaban J connectivity index is 0. The van der Waals surface area contributed by atoms with Crippen LogP contribution in [-0.2, 0) is 10.6 Å². The fourth-order valence-electron chi connectivity index (χ4n) is 0. The molecule has 0 spiro atoms. The molecule has 0 saturated heterocycles. The standard InChI is InChI=1S/C3H8.F2O2S/c1-3-2;1-5(2,3)4/h3H2,1-2H3;. The maximum Gasteiger partial charge on any atom is 0.476 e. The summed E-state index contributed by atoms with van der Waals surface area (Å²) >= 11 is 0. The van der Waals surface area contributed by atoms with Crippen LogP contribution >= 0.6 is 0 Å². The fourth-order valence-corrected chi connectivity index (χ4v) is 0. The molecule has 0 unspecified atom stereocenters. The second-order valence-corrected chi connectivity index (χ2v) is 1.84. The molecule has 0 atom stereocenters. The van der Waals surface area contributed by atoms with E-state index in [-0.39, 0.29) is 0 Å². The molecule has 0 aromatic heterocycles. The number of rotatable bonds is 0. The second-order valence-electron chi connectivity index (χ2n) is 1.09. The molecule has 0 aromatic rings. The average molecular weight is 146 g/mol. The molecule has 8 heavy (non-hydrogen) atoms. The van der Waals surface area contributed by atoms with E-state index in [1.807, 2.05) is 0 Å². The molecule has 0 aliphatic carbocycles. The average Bonchev–Trinajstić information content (AvgIpc) is 1.27. The molecule has 0 amide bonds. The summed E-state index contributed by atoms with van der Waals surface area (Å²) in [6.45, 7) is 4.25. The van der Waals surface area contributed by atoms with E-state index in [1.54, 1.807) is 0 Å². The van der Waals surface area contributed by atoms with E-state index in [4.69, 9.17) is 8.42 Å². The molecular formula is C3H8F2O2S. The first-order valence-corrected chi connectivity index (χ1v) is 3.34. The lowest BCUT2D eigenvalue weighted by atomic mass is 10.6. The number of halogens is 2. The number of hydrogen-bond donors (Lipinski definition) is 0. The minimum Gasteiger partial charge on any atom is -0.160 e. The lowest BCUT2D eigenvalue weighted by Gasteiger charge is -1.57. The van der Waals surface area contributed by atoms with Gasteiger partial charge >= 0.3 is 10.6 Å². The second kappa shape index (κ2) is 4.96. The highest BCUT2D eigenvalue weighted by atomic mass is 32.3. The Morgan fingerprint density at radius 3 is 1.25 bits per heavy atom. The summed E-state index contributed by atoms with van der Waals surface area (Å²) in [4.78, 5) is 0. The maximum absolute atomic E-state index is 9.99. The van der Waals surface area contributed by atoms with E-state index < -0.39 is 10.6 Å². The lowest BCUT2D eigenvalue weighted by molar-refractivity contribution is 0.501. The van der Waals surface area contributed by atoms with Gasteiger partial charge in [-0.2, -0.15) is 8.42 Å². The van der Waals surface area contributed by atoms with Crippen LogP contribution in [0.3, 0.4) is 0 Å². The highest BCUT2D eigenvalue weighted by Crippen LogP contribution is 1.85. The first-order valence-electron chi connectivity index (χ1n) is 2.06. The van der Waals surface area contributed by atoms with E-state index in [0.717, 1.165) is 0 Å². The zero-order valence-corrected chi connectivity index (χ0v) is 5.50. The molecule has 0 radical (unpaired) electrons. The van der Waals surface area contributed by atoms with Gasteiger partial charge in [0.05, 0.1) is 0 Å². The third kappa shape index (κ3) is 3720. The van der Waals surface area contributed by atoms with Crippen molar-refractivity contribution in [3.05, 3.63) is 0 Å². The van der Waals surface area contributed by atoms with Gasteiger partial charge in [-0.3, -0.25) is 0 Å². The van der Waals surface area contributed by atoms with Crippen molar-refractivity contribution in [2.75, 3.05) is 0 Å². The van der Waals surface area contributed by atoms with Crippen LogP contribution in [0.5, 0.6) is 0 Å². The van der Waals surface area contributed by atoms with Crippen LogP contribution in [0.25, 0.3) is 0 Å². The lowest BCUT2D eigenvalue weighted by Crippen LogP contribution is -1.69. The van der Waals surface area contributed by atoms with Crippen LogP contribution in [0.15, 0.2) is 0 Å². The molecule has 0 aliphatic heterocycles. The summed E-state index contributed by atoms with van der Waals surface area (Å²) in [6.07, 6.45) is 1.25. The third-order valence-corrected chi connectivity index (χ3v) is 0. The van der Waals surface area contributed by atoms with Crippen LogP contribution < -0.4 is 0 Å². The van der Waals surface area contributed by atoms with Crippen molar-refractivity contribution in [1.29, 1.82) is 0 Å². The molecular weight excluding hydrogens is 138 g/mol. The fraction of sp³-hybridized carbons (Fsp3) is 1.00. The molecule has 0 heterocycles. The Labute approximate surface area is 48.0 Å². The predicted molar refractivity (Wildman–Crippen MR) is 27.1 cm³/mol. The molecule has 52 valence electrons. The first kappa shape index (κ1) is 10.7. The SMILES string of the molecule is CCC.O=S(=O)(F)F. The summed E-state index contributed by atoms with van der Waals surface area (Å²) in [5, 5.41) is 0. The quantitative estimate of drug-likeness (QED) is 0.486. The monoisotopic (exact) mass is 146 g/mol. The molecule has 5 heteroatoms. The van der Waals surface area contributed by atoms with Crippen LogP contribution in [0.2, 0.25) is 0 Å². The van der Waals surface area contributed by atoms with Crippen LogP contribution in [0.1, 0.15) is 20.3 Å². The van der Waals surface area contributed by atoms with Crippen molar-refractivity contribution in [3.63, 3.8) is 0 Å². The predicted octanol–water partition coefficient (Wildman–Crippen LogP) is 1.59. The van der Waals surface area contributed by atoms with Crippen molar-refractivity contribution < 1.29 is 16.2 Å². The summed E-state index contributed by atoms with van der Waals surface area (Å²) in [7, 11) is -5.67. The first-order chi connectivity index (χ1) is 3.41. The van der Waals surface area contributed by atoms with Crippen molar-refractivity contribution in [2.45, 2.75) is 20.3 Å². The molecule has 0 N–H and O–H groups in total. The van der Waals surface area contributed by atoms with Crippen molar-refractivity contribution >= 4 is 10.6 Å². The van der Waals surface area contributed by atoms with Gasteiger partial charge in [-0.15, -0.1) is 0 Å². The van der Waals surface area contributed by atoms with E-state index >= 15 is 0 Å². The minimum atomic E-state index is -5.67. The summed E-state index contributed by atoms with van der Waals surface area (Å²) in [5.41, 5.74) is 0. The van der Waals surface area contributed by atoms with Gasteiger partial charge in [-0.1, -0.05) is 28.0 Å². The highest BCUT2D eigenvalue weighted by Gasteiger charge is 1.94. The summed E-state index contributed by atoms with van der Waals surface area (Å²) in [5.74, 6) is 0. The van der Waals surface area contributed by atoms with Gasteiger partial charge in [-0.25, -0.2) is 0 Å². The van der Waals surface area contributed by atoms with Gasteiger partial charge < -0.3 is 0 Å².